The number of amides is 1. The molecular formula is C24H21ClF3N5O. The van der Waals surface area contributed by atoms with Gasteiger partial charge in [-0.25, -0.2) is 9.67 Å². The number of aromatic nitrogens is 4. The zero-order chi connectivity index (χ0) is 24.3. The molecule has 4 rings (SSSR count). The molecule has 0 saturated heterocycles. The van der Waals surface area contributed by atoms with E-state index in [0.717, 1.165) is 16.3 Å². The van der Waals surface area contributed by atoms with Crippen molar-refractivity contribution in [3.05, 3.63) is 101 Å². The predicted molar refractivity (Wildman–Crippen MR) is 122 cm³/mol. The van der Waals surface area contributed by atoms with Crippen molar-refractivity contribution < 1.29 is 18.0 Å². The Morgan fingerprint density at radius 2 is 1.82 bits per heavy atom. The van der Waals surface area contributed by atoms with Crippen LogP contribution in [0.5, 0.6) is 0 Å². The van der Waals surface area contributed by atoms with Crippen LogP contribution in [-0.2, 0) is 19.1 Å². The van der Waals surface area contributed by atoms with Gasteiger partial charge in [0.1, 0.15) is 5.15 Å². The van der Waals surface area contributed by atoms with Crippen LogP contribution in [-0.4, -0.2) is 31.3 Å². The SMILES string of the molecule is Cc1nn(-c2ccccc2C(F)(F)F)c(Cl)c1C(=O)N[C@@H](Cc1ccccc1)Cn1ccnc1. The molecule has 1 amide bonds. The van der Waals surface area contributed by atoms with E-state index in [1.165, 1.54) is 25.1 Å². The fourth-order valence-electron chi connectivity index (χ4n) is 3.78. The predicted octanol–water partition coefficient (Wildman–Crippen LogP) is 5.09. The highest BCUT2D eigenvalue weighted by molar-refractivity contribution is 6.33. The Labute approximate surface area is 199 Å². The van der Waals surface area contributed by atoms with Gasteiger partial charge in [0.2, 0.25) is 0 Å². The summed E-state index contributed by atoms with van der Waals surface area (Å²) in [6.07, 6.45) is 1.01. The van der Waals surface area contributed by atoms with Crippen LogP contribution < -0.4 is 5.32 Å². The molecule has 1 N–H and O–H groups in total. The highest BCUT2D eigenvalue weighted by Crippen LogP contribution is 2.35. The summed E-state index contributed by atoms with van der Waals surface area (Å²) < 4.78 is 43.4. The molecule has 0 aliphatic carbocycles. The van der Waals surface area contributed by atoms with Crippen LogP contribution in [0.2, 0.25) is 5.15 Å². The molecule has 2 aromatic heterocycles. The lowest BCUT2D eigenvalue weighted by atomic mass is 10.1. The van der Waals surface area contributed by atoms with E-state index >= 15 is 0 Å². The van der Waals surface area contributed by atoms with Crippen molar-refractivity contribution in [3.8, 4) is 5.69 Å². The second-order valence-corrected chi connectivity index (χ2v) is 8.16. The Bertz CT molecular complexity index is 1270. The number of nitrogens with zero attached hydrogens (tertiary/aromatic N) is 4. The van der Waals surface area contributed by atoms with Gasteiger partial charge in [-0.05, 0) is 31.0 Å². The van der Waals surface area contributed by atoms with E-state index in [2.05, 4.69) is 15.4 Å². The minimum Gasteiger partial charge on any atom is -0.347 e. The molecule has 6 nitrogen and oxygen atoms in total. The number of para-hydroxylation sites is 1. The number of benzene rings is 2. The second-order valence-electron chi connectivity index (χ2n) is 7.80. The van der Waals surface area contributed by atoms with Crippen LogP contribution >= 0.6 is 11.6 Å². The molecular weight excluding hydrogens is 467 g/mol. The third kappa shape index (κ3) is 5.14. The number of carbonyl (C=O) groups excluding carboxylic acids is 1. The van der Waals surface area contributed by atoms with Gasteiger partial charge in [-0.2, -0.15) is 18.3 Å². The zero-order valence-corrected chi connectivity index (χ0v) is 18.9. The Hall–Kier alpha value is -3.59. The van der Waals surface area contributed by atoms with Gasteiger partial charge in [-0.3, -0.25) is 4.79 Å². The van der Waals surface area contributed by atoms with Crippen LogP contribution in [0.25, 0.3) is 5.69 Å². The van der Waals surface area contributed by atoms with Gasteiger partial charge >= 0.3 is 6.18 Å². The van der Waals surface area contributed by atoms with Gasteiger partial charge in [0.05, 0.1) is 34.9 Å². The minimum absolute atomic E-state index is 0.0299. The fraction of sp³-hybridized carbons (Fsp3) is 0.208. The maximum atomic E-state index is 13.5. The summed E-state index contributed by atoms with van der Waals surface area (Å²) in [5, 5.41) is 6.93. The second kappa shape index (κ2) is 9.72. The van der Waals surface area contributed by atoms with Gasteiger partial charge in [0, 0.05) is 18.9 Å². The van der Waals surface area contributed by atoms with E-state index in [-0.39, 0.29) is 28.1 Å². The molecule has 0 fully saturated rings. The van der Waals surface area contributed by atoms with Crippen LogP contribution in [0.1, 0.15) is 27.2 Å². The van der Waals surface area contributed by atoms with Gasteiger partial charge in [0.15, 0.2) is 0 Å². The summed E-state index contributed by atoms with van der Waals surface area (Å²) in [7, 11) is 0. The van der Waals surface area contributed by atoms with Crippen LogP contribution in [0.3, 0.4) is 0 Å². The lowest BCUT2D eigenvalue weighted by Gasteiger charge is -2.19. The zero-order valence-electron chi connectivity index (χ0n) is 18.1. The molecule has 10 heteroatoms. The number of imidazole rings is 1. The Kier molecular flexibility index (Phi) is 6.74. The Balaban J connectivity index is 1.64. The van der Waals surface area contributed by atoms with Crippen molar-refractivity contribution in [3.63, 3.8) is 0 Å². The number of alkyl halides is 3. The smallest absolute Gasteiger partial charge is 0.347 e. The largest absolute Gasteiger partial charge is 0.418 e. The van der Waals surface area contributed by atoms with Crippen molar-refractivity contribution in [1.29, 1.82) is 0 Å². The normalized spacial score (nSPS) is 12.5. The van der Waals surface area contributed by atoms with E-state index in [9.17, 15) is 18.0 Å². The van der Waals surface area contributed by atoms with E-state index in [1.54, 1.807) is 18.7 Å². The molecule has 1 atom stereocenters. The number of hydrogen-bond acceptors (Lipinski definition) is 3. The molecule has 0 unspecified atom stereocenters. The van der Waals surface area contributed by atoms with E-state index in [4.69, 9.17) is 11.6 Å². The molecule has 176 valence electrons. The molecule has 4 aromatic rings. The standard InChI is InChI=1S/C24H21ClF3N5O/c1-16-21(22(25)33(31-16)20-10-6-5-9-19(20)24(26,27)28)23(34)30-18(14-32-12-11-29-15-32)13-17-7-3-2-4-8-17/h2-12,15,18H,13-14H2,1H3,(H,30,34)/t18-/m0/s1. The monoisotopic (exact) mass is 487 g/mol. The van der Waals surface area contributed by atoms with E-state index in [1.807, 2.05) is 34.9 Å². The summed E-state index contributed by atoms with van der Waals surface area (Å²) in [5.41, 5.74) is 0.128. The molecule has 0 radical (unpaired) electrons. The van der Waals surface area contributed by atoms with Gasteiger partial charge in [-0.1, -0.05) is 54.1 Å². The summed E-state index contributed by atoms with van der Waals surface area (Å²) in [6.45, 7) is 1.98. The first-order valence-electron chi connectivity index (χ1n) is 10.5. The van der Waals surface area contributed by atoms with Gasteiger partial charge < -0.3 is 9.88 Å². The highest BCUT2D eigenvalue weighted by Gasteiger charge is 2.35. The minimum atomic E-state index is -4.60. The number of hydrogen-bond donors (Lipinski definition) is 1. The fourth-order valence-corrected chi connectivity index (χ4v) is 4.13. The third-order valence-corrected chi connectivity index (χ3v) is 5.67. The van der Waals surface area contributed by atoms with Crippen LogP contribution in [0.4, 0.5) is 13.2 Å². The number of rotatable bonds is 7. The Morgan fingerprint density at radius 3 is 2.50 bits per heavy atom. The maximum absolute atomic E-state index is 13.5. The third-order valence-electron chi connectivity index (χ3n) is 5.32. The molecule has 2 heterocycles. The number of aryl methyl sites for hydroxylation is 1. The van der Waals surface area contributed by atoms with Crippen molar-refractivity contribution in [2.24, 2.45) is 0 Å². The van der Waals surface area contributed by atoms with Crippen molar-refractivity contribution in [2.75, 3.05) is 0 Å². The molecule has 0 aliphatic heterocycles. The van der Waals surface area contributed by atoms with Crippen molar-refractivity contribution >= 4 is 17.5 Å². The molecule has 0 bridgehead atoms. The first-order chi connectivity index (χ1) is 16.2. The summed E-state index contributed by atoms with van der Waals surface area (Å²) in [5.74, 6) is -0.515. The quantitative estimate of drug-likeness (QED) is 0.395. The molecule has 0 spiro atoms. The van der Waals surface area contributed by atoms with Crippen LogP contribution in [0, 0.1) is 6.92 Å². The van der Waals surface area contributed by atoms with E-state index < -0.39 is 17.6 Å². The first kappa shape index (κ1) is 23.6. The first-order valence-corrected chi connectivity index (χ1v) is 10.8. The molecule has 0 aliphatic rings. The van der Waals surface area contributed by atoms with Crippen LogP contribution in [0.15, 0.2) is 73.3 Å². The van der Waals surface area contributed by atoms with Crippen molar-refractivity contribution in [2.45, 2.75) is 32.1 Å². The topological polar surface area (TPSA) is 64.7 Å². The van der Waals surface area contributed by atoms with Gasteiger partial charge in [-0.15, -0.1) is 0 Å². The summed E-state index contributed by atoms with van der Waals surface area (Å²) in [4.78, 5) is 17.3. The lowest BCUT2D eigenvalue weighted by Crippen LogP contribution is -2.39. The lowest BCUT2D eigenvalue weighted by molar-refractivity contribution is -0.137. The maximum Gasteiger partial charge on any atom is 0.418 e. The highest BCUT2D eigenvalue weighted by atomic mass is 35.5. The average Bonchev–Trinajstić information content (AvgIpc) is 3.41. The summed E-state index contributed by atoms with van der Waals surface area (Å²) >= 11 is 6.42. The van der Waals surface area contributed by atoms with Crippen molar-refractivity contribution in [1.82, 2.24) is 24.6 Å². The molecule has 0 saturated carbocycles. The van der Waals surface area contributed by atoms with Gasteiger partial charge in [0.25, 0.3) is 5.91 Å². The summed E-state index contributed by atoms with van der Waals surface area (Å²) in [6, 6.07) is 14.3. The average molecular weight is 488 g/mol. The number of nitrogens with one attached hydrogen (secondary N) is 1. The van der Waals surface area contributed by atoms with E-state index in [0.29, 0.717) is 13.0 Å². The number of halogens is 4. The number of carbonyl (C=O) groups is 1. The molecule has 34 heavy (non-hydrogen) atoms. The Morgan fingerprint density at radius 1 is 1.12 bits per heavy atom. The molecule has 2 aromatic carbocycles.